The number of rotatable bonds is 2. The van der Waals surface area contributed by atoms with Gasteiger partial charge in [-0.3, -0.25) is 0 Å². The second kappa shape index (κ2) is 4.31. The lowest BCUT2D eigenvalue weighted by Gasteiger charge is -1.97. The molecule has 2 aromatic heterocycles. The van der Waals surface area contributed by atoms with Crippen molar-refractivity contribution in [2.45, 2.75) is 6.92 Å². The molecule has 1 aromatic carbocycles. The lowest BCUT2D eigenvalue weighted by atomic mass is 10.1. The summed E-state index contributed by atoms with van der Waals surface area (Å²) >= 11 is 0. The normalized spacial score (nSPS) is 10.8. The van der Waals surface area contributed by atoms with Crippen LogP contribution in [0.2, 0.25) is 0 Å². The van der Waals surface area contributed by atoms with Gasteiger partial charge in [0.1, 0.15) is 11.5 Å². The van der Waals surface area contributed by atoms with Crippen LogP contribution in [0.1, 0.15) is 16.1 Å². The number of carbonyl (C=O) groups is 1. The van der Waals surface area contributed by atoms with Crippen molar-refractivity contribution in [3.8, 4) is 11.3 Å². The third-order valence-corrected chi connectivity index (χ3v) is 3.05. The molecule has 0 fully saturated rings. The molecule has 0 saturated carbocycles. The number of aryl methyl sites for hydroxylation is 1. The van der Waals surface area contributed by atoms with Crippen LogP contribution in [0.5, 0.6) is 0 Å². The Morgan fingerprint density at radius 2 is 1.95 bits per heavy atom. The van der Waals surface area contributed by atoms with Gasteiger partial charge in [-0.1, -0.05) is 29.8 Å². The van der Waals surface area contributed by atoms with Crippen molar-refractivity contribution in [2.24, 2.45) is 0 Å². The molecule has 0 aliphatic carbocycles. The van der Waals surface area contributed by atoms with Gasteiger partial charge in [0.15, 0.2) is 5.58 Å². The summed E-state index contributed by atoms with van der Waals surface area (Å²) in [4.78, 5) is 14.4. The summed E-state index contributed by atoms with van der Waals surface area (Å²) in [7, 11) is 1.35. The number of carbonyl (C=O) groups excluding carboxylic acids is 1. The maximum absolute atomic E-state index is 11.4. The zero-order chi connectivity index (χ0) is 13.4. The van der Waals surface area contributed by atoms with E-state index in [1.165, 1.54) is 12.7 Å². The number of esters is 1. The number of methoxy groups -OCH3 is 1. The second-order valence-corrected chi connectivity index (χ2v) is 4.43. The van der Waals surface area contributed by atoms with Gasteiger partial charge in [0.05, 0.1) is 12.6 Å². The van der Waals surface area contributed by atoms with E-state index in [4.69, 9.17) is 4.42 Å². The summed E-state index contributed by atoms with van der Waals surface area (Å²) in [6, 6.07) is 11.6. The number of nitrogens with one attached hydrogen (secondary N) is 1. The van der Waals surface area contributed by atoms with E-state index in [0.717, 1.165) is 16.8 Å². The van der Waals surface area contributed by atoms with Crippen LogP contribution in [-0.2, 0) is 4.74 Å². The molecule has 0 spiro atoms. The molecule has 3 rings (SSSR count). The van der Waals surface area contributed by atoms with Crippen molar-refractivity contribution in [3.63, 3.8) is 0 Å². The van der Waals surface area contributed by atoms with Gasteiger partial charge in [-0.2, -0.15) is 0 Å². The van der Waals surface area contributed by atoms with Crippen LogP contribution in [0.25, 0.3) is 22.4 Å². The van der Waals surface area contributed by atoms with Crippen molar-refractivity contribution in [1.82, 2.24) is 4.98 Å². The summed E-state index contributed by atoms with van der Waals surface area (Å²) in [5.74, 6) is 0.376. The largest absolute Gasteiger partial charge is 0.464 e. The van der Waals surface area contributed by atoms with Crippen LogP contribution in [0.4, 0.5) is 0 Å². The van der Waals surface area contributed by atoms with E-state index in [0.29, 0.717) is 11.3 Å². The maximum Gasteiger partial charge on any atom is 0.354 e. The molecule has 0 bridgehead atoms. The Hall–Kier alpha value is -2.49. The summed E-state index contributed by atoms with van der Waals surface area (Å²) in [5.41, 5.74) is 4.04. The average molecular weight is 255 g/mol. The Kier molecular flexibility index (Phi) is 2.63. The minimum atomic E-state index is -0.400. The molecular weight excluding hydrogens is 242 g/mol. The highest BCUT2D eigenvalue weighted by Crippen LogP contribution is 2.28. The van der Waals surface area contributed by atoms with E-state index >= 15 is 0 Å². The van der Waals surface area contributed by atoms with Crippen LogP contribution in [0.3, 0.4) is 0 Å². The van der Waals surface area contributed by atoms with Crippen molar-refractivity contribution >= 4 is 17.1 Å². The van der Waals surface area contributed by atoms with E-state index in [1.54, 1.807) is 6.07 Å². The van der Waals surface area contributed by atoms with Crippen molar-refractivity contribution in [1.29, 1.82) is 0 Å². The molecular formula is C15H13NO3. The first-order chi connectivity index (χ1) is 9.17. The summed E-state index contributed by atoms with van der Waals surface area (Å²) in [5, 5.41) is 0. The summed E-state index contributed by atoms with van der Waals surface area (Å²) < 4.78 is 10.4. The van der Waals surface area contributed by atoms with E-state index in [-0.39, 0.29) is 0 Å². The minimum Gasteiger partial charge on any atom is -0.464 e. The number of benzene rings is 1. The first-order valence-corrected chi connectivity index (χ1v) is 5.95. The number of aromatic amines is 1. The molecule has 0 saturated heterocycles. The number of fused-ring (bicyclic) bond motifs is 1. The van der Waals surface area contributed by atoms with Gasteiger partial charge in [-0.25, -0.2) is 4.79 Å². The Morgan fingerprint density at radius 3 is 2.58 bits per heavy atom. The molecule has 0 aliphatic rings. The molecule has 3 aromatic rings. The zero-order valence-corrected chi connectivity index (χ0v) is 10.7. The van der Waals surface area contributed by atoms with E-state index in [1.807, 2.05) is 37.3 Å². The minimum absolute atomic E-state index is 0.395. The Labute approximate surface area is 110 Å². The van der Waals surface area contributed by atoms with Crippen LogP contribution >= 0.6 is 0 Å². The third kappa shape index (κ3) is 2.01. The molecule has 19 heavy (non-hydrogen) atoms. The monoisotopic (exact) mass is 255 g/mol. The third-order valence-electron chi connectivity index (χ3n) is 3.05. The molecule has 0 aliphatic heterocycles. The van der Waals surface area contributed by atoms with Gasteiger partial charge in [0, 0.05) is 17.7 Å². The van der Waals surface area contributed by atoms with E-state index in [9.17, 15) is 4.79 Å². The highest BCUT2D eigenvalue weighted by molar-refractivity contribution is 5.94. The fraction of sp³-hybridized carbons (Fsp3) is 0.133. The van der Waals surface area contributed by atoms with E-state index < -0.39 is 5.97 Å². The average Bonchev–Trinajstić information content (AvgIpc) is 2.97. The molecule has 4 heteroatoms. The number of ether oxygens (including phenoxy) is 1. The van der Waals surface area contributed by atoms with Crippen LogP contribution in [0.15, 0.2) is 40.8 Å². The highest BCUT2D eigenvalue weighted by Gasteiger charge is 2.13. The van der Waals surface area contributed by atoms with E-state index in [2.05, 4.69) is 9.72 Å². The Bertz CT molecular complexity index is 703. The zero-order valence-electron chi connectivity index (χ0n) is 10.7. The SMILES string of the molecule is COC(=O)c1cc2oc(-c3ccc(C)cc3)cc2[nH]1. The van der Waals surface area contributed by atoms with Crippen molar-refractivity contribution in [2.75, 3.05) is 7.11 Å². The van der Waals surface area contributed by atoms with Crippen LogP contribution in [-0.4, -0.2) is 18.1 Å². The molecule has 96 valence electrons. The number of H-pyrrole nitrogens is 1. The van der Waals surface area contributed by atoms with Gasteiger partial charge in [-0.05, 0) is 6.92 Å². The molecule has 0 radical (unpaired) electrons. The fourth-order valence-corrected chi connectivity index (χ4v) is 2.00. The molecule has 0 atom stereocenters. The predicted molar refractivity (Wildman–Crippen MR) is 72.1 cm³/mol. The molecule has 2 heterocycles. The molecule has 1 N–H and O–H groups in total. The quantitative estimate of drug-likeness (QED) is 0.713. The van der Waals surface area contributed by atoms with Crippen LogP contribution in [0, 0.1) is 6.92 Å². The van der Waals surface area contributed by atoms with Gasteiger partial charge in [0.2, 0.25) is 0 Å². The van der Waals surface area contributed by atoms with Gasteiger partial charge >= 0.3 is 5.97 Å². The molecule has 4 nitrogen and oxygen atoms in total. The van der Waals surface area contributed by atoms with Crippen molar-refractivity contribution in [3.05, 3.63) is 47.7 Å². The summed E-state index contributed by atoms with van der Waals surface area (Å²) in [6.45, 7) is 2.04. The Morgan fingerprint density at radius 1 is 1.21 bits per heavy atom. The Balaban J connectivity index is 2.01. The topological polar surface area (TPSA) is 55.2 Å². The lowest BCUT2D eigenvalue weighted by molar-refractivity contribution is 0.0595. The highest BCUT2D eigenvalue weighted by atomic mass is 16.5. The first kappa shape index (κ1) is 11.6. The maximum atomic E-state index is 11.4. The lowest BCUT2D eigenvalue weighted by Crippen LogP contribution is -2.00. The standard InChI is InChI=1S/C15H13NO3/c1-9-3-5-10(6-4-9)13-7-11-14(19-13)8-12(16-11)15(17)18-2/h3-8,16H,1-2H3. The van der Waals surface area contributed by atoms with Gasteiger partial charge in [-0.15, -0.1) is 0 Å². The smallest absolute Gasteiger partial charge is 0.354 e. The number of hydrogen-bond acceptors (Lipinski definition) is 3. The second-order valence-electron chi connectivity index (χ2n) is 4.43. The number of aromatic nitrogens is 1. The first-order valence-electron chi connectivity index (χ1n) is 5.95. The van der Waals surface area contributed by atoms with Gasteiger partial charge < -0.3 is 14.1 Å². The van der Waals surface area contributed by atoms with Gasteiger partial charge in [0.25, 0.3) is 0 Å². The van der Waals surface area contributed by atoms with Crippen molar-refractivity contribution < 1.29 is 13.9 Å². The number of furan rings is 1. The molecule has 0 unspecified atom stereocenters. The molecule has 0 amide bonds. The number of hydrogen-bond donors (Lipinski definition) is 1. The fourth-order valence-electron chi connectivity index (χ4n) is 2.00. The summed E-state index contributed by atoms with van der Waals surface area (Å²) in [6.07, 6.45) is 0. The van der Waals surface area contributed by atoms with Crippen LogP contribution < -0.4 is 0 Å². The predicted octanol–water partition coefficient (Wildman–Crippen LogP) is 3.52.